The van der Waals surface area contributed by atoms with Crippen molar-refractivity contribution >= 4 is 11.6 Å². The van der Waals surface area contributed by atoms with Crippen LogP contribution >= 0.6 is 0 Å². The van der Waals surface area contributed by atoms with Crippen molar-refractivity contribution in [2.24, 2.45) is 16.9 Å². The van der Waals surface area contributed by atoms with Crippen molar-refractivity contribution in [1.29, 1.82) is 0 Å². The quantitative estimate of drug-likeness (QED) is 0.429. The Balaban J connectivity index is 1.69. The van der Waals surface area contributed by atoms with Crippen molar-refractivity contribution < 1.29 is 15.0 Å². The second-order valence-corrected chi connectivity index (χ2v) is 4.88. The van der Waals surface area contributed by atoms with E-state index in [2.05, 4.69) is 22.7 Å². The minimum Gasteiger partial charge on any atom is -0.508 e. The maximum absolute atomic E-state index is 11.8. The number of aromatic hydroxyl groups is 2. The van der Waals surface area contributed by atoms with Gasteiger partial charge in [0.25, 0.3) is 5.91 Å². The summed E-state index contributed by atoms with van der Waals surface area (Å²) in [4.78, 5) is 11.8. The summed E-state index contributed by atoms with van der Waals surface area (Å²) in [5.41, 5.74) is 3.44. The summed E-state index contributed by atoms with van der Waals surface area (Å²) in [6.45, 7) is 0. The molecule has 0 spiro atoms. The minimum absolute atomic E-state index is 0.0183. The van der Waals surface area contributed by atoms with E-state index in [1.54, 1.807) is 0 Å². The highest BCUT2D eigenvalue weighted by atomic mass is 16.3. The van der Waals surface area contributed by atoms with Gasteiger partial charge in [-0.3, -0.25) is 4.79 Å². The van der Waals surface area contributed by atoms with Gasteiger partial charge < -0.3 is 10.2 Å². The molecule has 5 heteroatoms. The Morgan fingerprint density at radius 2 is 2.21 bits per heavy atom. The van der Waals surface area contributed by atoms with E-state index in [0.717, 1.165) is 18.6 Å². The van der Waals surface area contributed by atoms with Gasteiger partial charge in [0.05, 0.1) is 5.56 Å². The zero-order valence-corrected chi connectivity index (χ0v) is 10.2. The summed E-state index contributed by atoms with van der Waals surface area (Å²) in [6, 6.07) is 3.81. The first-order chi connectivity index (χ1) is 9.15. The molecule has 1 amide bonds. The molecule has 1 fully saturated rings. The molecule has 0 aliphatic heterocycles. The summed E-state index contributed by atoms with van der Waals surface area (Å²) in [6.07, 6.45) is 6.19. The third-order valence-electron chi connectivity index (χ3n) is 3.69. The molecule has 98 valence electrons. The number of allylic oxidation sites excluding steroid dienone is 2. The van der Waals surface area contributed by atoms with Crippen molar-refractivity contribution in [2.45, 2.75) is 12.8 Å². The number of hydrazone groups is 1. The molecule has 0 saturated heterocycles. The van der Waals surface area contributed by atoms with E-state index in [4.69, 9.17) is 0 Å². The smallest absolute Gasteiger partial charge is 0.275 e. The van der Waals surface area contributed by atoms with E-state index in [0.29, 0.717) is 11.8 Å². The summed E-state index contributed by atoms with van der Waals surface area (Å²) in [7, 11) is 0. The van der Waals surface area contributed by atoms with Crippen molar-refractivity contribution in [3.8, 4) is 11.5 Å². The first-order valence-corrected chi connectivity index (χ1v) is 6.20. The van der Waals surface area contributed by atoms with E-state index in [9.17, 15) is 15.0 Å². The van der Waals surface area contributed by atoms with Crippen LogP contribution < -0.4 is 5.43 Å². The number of benzene rings is 1. The van der Waals surface area contributed by atoms with Crippen LogP contribution in [0.1, 0.15) is 23.2 Å². The van der Waals surface area contributed by atoms with E-state index in [1.807, 2.05) is 0 Å². The fourth-order valence-electron chi connectivity index (χ4n) is 2.55. The van der Waals surface area contributed by atoms with Gasteiger partial charge in [0.2, 0.25) is 0 Å². The first-order valence-electron chi connectivity index (χ1n) is 6.20. The van der Waals surface area contributed by atoms with E-state index >= 15 is 0 Å². The summed E-state index contributed by atoms with van der Waals surface area (Å²) in [5.74, 6) is 0.238. The van der Waals surface area contributed by atoms with Crippen LogP contribution in [-0.4, -0.2) is 21.8 Å². The third kappa shape index (κ3) is 2.07. The molecular weight excluding hydrogens is 244 g/mol. The van der Waals surface area contributed by atoms with E-state index in [-0.39, 0.29) is 17.1 Å². The largest absolute Gasteiger partial charge is 0.508 e. The molecule has 2 aliphatic carbocycles. The molecular formula is C14H14N2O3. The summed E-state index contributed by atoms with van der Waals surface area (Å²) < 4.78 is 0. The topological polar surface area (TPSA) is 81.9 Å². The van der Waals surface area contributed by atoms with Gasteiger partial charge in [-0.1, -0.05) is 12.2 Å². The molecule has 2 aliphatic rings. The van der Waals surface area contributed by atoms with E-state index < -0.39 is 5.91 Å². The lowest BCUT2D eigenvalue weighted by molar-refractivity contribution is 0.0951. The van der Waals surface area contributed by atoms with Gasteiger partial charge in [0.15, 0.2) is 0 Å². The maximum atomic E-state index is 11.8. The SMILES string of the molecule is O=C(N/N=C1/C[C@@H]2C=CC[C@@H]12)c1cc(O)ccc1O. The number of fused-ring (bicyclic) bond motifs is 1. The number of nitrogens with one attached hydrogen (secondary N) is 1. The predicted molar refractivity (Wildman–Crippen MR) is 70.0 cm³/mol. The van der Waals surface area contributed by atoms with Gasteiger partial charge in [0, 0.05) is 11.6 Å². The normalized spacial score (nSPS) is 26.0. The molecule has 3 rings (SSSR count). The van der Waals surface area contributed by atoms with Gasteiger partial charge in [-0.05, 0) is 37.0 Å². The fraction of sp³-hybridized carbons (Fsp3) is 0.286. The molecule has 0 bridgehead atoms. The van der Waals surface area contributed by atoms with Gasteiger partial charge in [0.1, 0.15) is 11.5 Å². The predicted octanol–water partition coefficient (Wildman–Crippen LogP) is 1.78. The monoisotopic (exact) mass is 258 g/mol. The van der Waals surface area contributed by atoms with Crippen molar-refractivity contribution in [2.75, 3.05) is 0 Å². The van der Waals surface area contributed by atoms with Crippen LogP contribution in [0.3, 0.4) is 0 Å². The Morgan fingerprint density at radius 3 is 3.00 bits per heavy atom. The maximum Gasteiger partial charge on any atom is 0.275 e. The van der Waals surface area contributed by atoms with Crippen LogP contribution in [0.5, 0.6) is 11.5 Å². The Bertz CT molecular complexity index is 592. The Hall–Kier alpha value is -2.30. The molecule has 1 saturated carbocycles. The van der Waals surface area contributed by atoms with Crippen molar-refractivity contribution in [1.82, 2.24) is 5.43 Å². The van der Waals surface area contributed by atoms with Crippen LogP contribution in [0.4, 0.5) is 0 Å². The second-order valence-electron chi connectivity index (χ2n) is 4.88. The number of amides is 1. The number of phenolic OH excluding ortho intramolecular Hbond substituents is 2. The van der Waals surface area contributed by atoms with Crippen molar-refractivity contribution in [3.05, 3.63) is 35.9 Å². The fourth-order valence-corrected chi connectivity index (χ4v) is 2.55. The van der Waals surface area contributed by atoms with Crippen molar-refractivity contribution in [3.63, 3.8) is 0 Å². The average molecular weight is 258 g/mol. The Morgan fingerprint density at radius 1 is 1.37 bits per heavy atom. The zero-order chi connectivity index (χ0) is 13.4. The Kier molecular flexibility index (Phi) is 2.74. The van der Waals surface area contributed by atoms with Crippen LogP contribution in [0.2, 0.25) is 0 Å². The van der Waals surface area contributed by atoms with Gasteiger partial charge in [-0.15, -0.1) is 0 Å². The lowest BCUT2D eigenvalue weighted by Crippen LogP contribution is -2.35. The molecule has 3 N–H and O–H groups in total. The van der Waals surface area contributed by atoms with Gasteiger partial charge in [-0.2, -0.15) is 5.10 Å². The molecule has 0 radical (unpaired) electrons. The molecule has 1 aromatic carbocycles. The third-order valence-corrected chi connectivity index (χ3v) is 3.69. The van der Waals surface area contributed by atoms with Crippen LogP contribution in [0.25, 0.3) is 0 Å². The number of rotatable bonds is 2. The standard InChI is InChI=1S/C14H14N2O3/c17-9-4-5-13(18)11(7-9)14(19)16-15-12-6-8-2-1-3-10(8)12/h1-2,4-5,7-8,10,17-18H,3,6H2,(H,16,19)/b15-12-/t8-,10+/m0/s1. The number of carbonyl (C=O) groups is 1. The molecule has 1 aromatic rings. The number of hydrogen-bond acceptors (Lipinski definition) is 4. The van der Waals surface area contributed by atoms with Crippen LogP contribution in [-0.2, 0) is 0 Å². The molecule has 5 nitrogen and oxygen atoms in total. The minimum atomic E-state index is -0.518. The highest BCUT2D eigenvalue weighted by molar-refractivity contribution is 5.99. The lowest BCUT2D eigenvalue weighted by atomic mass is 9.74. The number of phenols is 2. The highest BCUT2D eigenvalue weighted by Gasteiger charge is 2.38. The highest BCUT2D eigenvalue weighted by Crippen LogP contribution is 2.40. The first kappa shape index (κ1) is 11.8. The molecule has 2 atom stereocenters. The Labute approximate surface area is 110 Å². The lowest BCUT2D eigenvalue weighted by Gasteiger charge is -2.31. The number of carbonyl (C=O) groups excluding carboxylic acids is 1. The van der Waals surface area contributed by atoms with Gasteiger partial charge >= 0.3 is 0 Å². The van der Waals surface area contributed by atoms with Crippen LogP contribution in [0, 0.1) is 11.8 Å². The summed E-state index contributed by atoms with van der Waals surface area (Å²) >= 11 is 0. The molecule has 0 heterocycles. The number of nitrogens with zero attached hydrogens (tertiary/aromatic N) is 1. The molecule has 19 heavy (non-hydrogen) atoms. The van der Waals surface area contributed by atoms with Gasteiger partial charge in [-0.25, -0.2) is 5.43 Å². The average Bonchev–Trinajstić information content (AvgIpc) is 2.74. The summed E-state index contributed by atoms with van der Waals surface area (Å²) in [5, 5.41) is 23.0. The second kappa shape index (κ2) is 4.42. The molecule has 0 unspecified atom stereocenters. The van der Waals surface area contributed by atoms with E-state index in [1.165, 1.54) is 18.2 Å². The van der Waals surface area contributed by atoms with Crippen LogP contribution in [0.15, 0.2) is 35.5 Å². The molecule has 0 aromatic heterocycles. The number of hydrogen-bond donors (Lipinski definition) is 3. The zero-order valence-electron chi connectivity index (χ0n) is 10.2.